The molecular weight excluding hydrogens is 360 g/mol. The van der Waals surface area contributed by atoms with Crippen LogP contribution in [0.5, 0.6) is 11.5 Å². The molecule has 0 radical (unpaired) electrons. The number of primary amides is 1. The zero-order valence-electron chi connectivity index (χ0n) is 17.2. The molecule has 1 aromatic heterocycles. The van der Waals surface area contributed by atoms with Crippen molar-refractivity contribution in [3.8, 4) is 22.6 Å². The molecular formula is C25H28N2O2. The average molecular weight is 389 g/mol. The first-order valence-corrected chi connectivity index (χ1v) is 10.5. The fourth-order valence-electron chi connectivity index (χ4n) is 4.14. The number of ether oxygens (including phenoxy) is 1. The lowest BCUT2D eigenvalue weighted by atomic mass is 9.97. The van der Waals surface area contributed by atoms with E-state index in [-0.39, 0.29) is 5.91 Å². The van der Waals surface area contributed by atoms with Gasteiger partial charge in [0.05, 0.1) is 5.56 Å². The smallest absolute Gasteiger partial charge is 0.251 e. The Morgan fingerprint density at radius 1 is 1.10 bits per heavy atom. The summed E-state index contributed by atoms with van der Waals surface area (Å²) in [4.78, 5) is 12.5. The normalized spacial score (nSPS) is 13.4. The monoisotopic (exact) mass is 388 g/mol. The molecule has 0 bridgehead atoms. The molecule has 0 spiro atoms. The lowest BCUT2D eigenvalue weighted by molar-refractivity contribution is 0.1000. The topological polar surface area (TPSA) is 57.2 Å². The maximum atomic E-state index is 12.5. The molecule has 150 valence electrons. The van der Waals surface area contributed by atoms with Gasteiger partial charge in [-0.3, -0.25) is 4.79 Å². The van der Waals surface area contributed by atoms with Crippen LogP contribution in [-0.4, -0.2) is 10.5 Å². The second-order valence-electron chi connectivity index (χ2n) is 7.79. The number of amides is 1. The Kier molecular flexibility index (Phi) is 5.43. The second-order valence-corrected chi connectivity index (χ2v) is 7.79. The molecule has 0 aliphatic heterocycles. The van der Waals surface area contributed by atoms with Crippen molar-refractivity contribution in [1.82, 2.24) is 4.57 Å². The van der Waals surface area contributed by atoms with Gasteiger partial charge < -0.3 is 15.0 Å². The van der Waals surface area contributed by atoms with Gasteiger partial charge >= 0.3 is 0 Å². The van der Waals surface area contributed by atoms with Crippen LogP contribution in [0.3, 0.4) is 0 Å². The van der Waals surface area contributed by atoms with Gasteiger partial charge in [-0.15, -0.1) is 0 Å². The predicted molar refractivity (Wildman–Crippen MR) is 117 cm³/mol. The van der Waals surface area contributed by atoms with Crippen LogP contribution < -0.4 is 10.5 Å². The van der Waals surface area contributed by atoms with Gasteiger partial charge in [-0.2, -0.15) is 0 Å². The van der Waals surface area contributed by atoms with Crippen molar-refractivity contribution in [2.75, 3.05) is 0 Å². The van der Waals surface area contributed by atoms with Crippen LogP contribution in [0.1, 0.15) is 60.4 Å². The number of unbranched alkanes of at least 4 members (excludes halogenated alkanes) is 1. The first kappa shape index (κ1) is 19.3. The van der Waals surface area contributed by atoms with E-state index in [4.69, 9.17) is 10.5 Å². The number of nitrogens with zero attached hydrogens (tertiary/aromatic N) is 1. The number of hydrogen-bond donors (Lipinski definition) is 1. The van der Waals surface area contributed by atoms with Crippen molar-refractivity contribution >= 4 is 5.91 Å². The summed E-state index contributed by atoms with van der Waals surface area (Å²) < 4.78 is 8.41. The lowest BCUT2D eigenvalue weighted by Gasteiger charge is -2.13. The summed E-state index contributed by atoms with van der Waals surface area (Å²) in [5, 5.41) is 0. The first-order chi connectivity index (χ1) is 14.1. The van der Waals surface area contributed by atoms with E-state index >= 15 is 0 Å². The molecule has 4 heteroatoms. The summed E-state index contributed by atoms with van der Waals surface area (Å²) in [5.74, 6) is 1.18. The Balaban J connectivity index is 1.82. The van der Waals surface area contributed by atoms with Crippen LogP contribution in [0.15, 0.2) is 54.6 Å². The molecule has 4 rings (SSSR count). The number of para-hydroxylation sites is 1. The van der Waals surface area contributed by atoms with Gasteiger partial charge in [-0.25, -0.2) is 0 Å². The third-order valence-electron chi connectivity index (χ3n) is 5.58. The van der Waals surface area contributed by atoms with E-state index in [1.165, 1.54) is 18.5 Å². The summed E-state index contributed by atoms with van der Waals surface area (Å²) in [6.45, 7) is 4.22. The molecule has 1 saturated carbocycles. The zero-order chi connectivity index (χ0) is 20.4. The minimum atomic E-state index is -0.357. The number of hydrogen-bond acceptors (Lipinski definition) is 2. The van der Waals surface area contributed by atoms with Crippen molar-refractivity contribution in [3.63, 3.8) is 0 Å². The summed E-state index contributed by atoms with van der Waals surface area (Å²) >= 11 is 0. The van der Waals surface area contributed by atoms with Gasteiger partial charge in [0.25, 0.3) is 5.91 Å². The van der Waals surface area contributed by atoms with Gasteiger partial charge in [-0.1, -0.05) is 43.7 Å². The molecule has 2 N–H and O–H groups in total. The average Bonchev–Trinajstić information content (AvgIpc) is 3.50. The third-order valence-corrected chi connectivity index (χ3v) is 5.58. The van der Waals surface area contributed by atoms with E-state index in [0.29, 0.717) is 11.6 Å². The first-order valence-electron chi connectivity index (χ1n) is 10.5. The van der Waals surface area contributed by atoms with Crippen molar-refractivity contribution in [2.45, 2.75) is 52.0 Å². The van der Waals surface area contributed by atoms with Crippen molar-refractivity contribution in [1.29, 1.82) is 0 Å². The molecule has 1 aliphatic rings. The van der Waals surface area contributed by atoms with Crippen LogP contribution in [0, 0.1) is 6.92 Å². The van der Waals surface area contributed by atoms with Crippen LogP contribution >= 0.6 is 0 Å². The number of aromatic nitrogens is 1. The highest BCUT2D eigenvalue weighted by atomic mass is 16.5. The second kappa shape index (κ2) is 8.16. The van der Waals surface area contributed by atoms with Crippen molar-refractivity contribution in [2.24, 2.45) is 5.73 Å². The van der Waals surface area contributed by atoms with Gasteiger partial charge in [0, 0.05) is 23.0 Å². The third kappa shape index (κ3) is 3.93. The van der Waals surface area contributed by atoms with E-state index in [0.717, 1.165) is 47.6 Å². The fraction of sp³-hybridized carbons (Fsp3) is 0.320. The Morgan fingerprint density at radius 3 is 2.48 bits per heavy atom. The highest BCUT2D eigenvalue weighted by Gasteiger charge is 2.32. The molecule has 2 aromatic carbocycles. The number of benzene rings is 2. The van der Waals surface area contributed by atoms with Crippen LogP contribution in [0.4, 0.5) is 0 Å². The quantitative estimate of drug-likeness (QED) is 0.512. The predicted octanol–water partition coefficient (Wildman–Crippen LogP) is 6.03. The van der Waals surface area contributed by atoms with E-state index in [1.807, 2.05) is 61.5 Å². The molecule has 0 atom stereocenters. The van der Waals surface area contributed by atoms with E-state index < -0.39 is 0 Å². The molecule has 3 aromatic rings. The minimum absolute atomic E-state index is 0.357. The van der Waals surface area contributed by atoms with Gasteiger partial charge in [0.1, 0.15) is 11.5 Å². The zero-order valence-corrected chi connectivity index (χ0v) is 17.2. The maximum Gasteiger partial charge on any atom is 0.251 e. The molecule has 1 amide bonds. The molecule has 0 unspecified atom stereocenters. The maximum absolute atomic E-state index is 12.5. The molecule has 4 nitrogen and oxygen atoms in total. The highest BCUT2D eigenvalue weighted by molar-refractivity contribution is 6.02. The Morgan fingerprint density at radius 2 is 1.83 bits per heavy atom. The lowest BCUT2D eigenvalue weighted by Crippen LogP contribution is -2.13. The van der Waals surface area contributed by atoms with E-state index in [2.05, 4.69) is 11.5 Å². The van der Waals surface area contributed by atoms with E-state index in [9.17, 15) is 4.79 Å². The summed E-state index contributed by atoms with van der Waals surface area (Å²) in [7, 11) is 0. The SMILES string of the molecule is CCCCc1c(-c2cccc(Oc3ccccc3)c2)c(C(N)=O)c(C)n1C1CC1. The summed E-state index contributed by atoms with van der Waals surface area (Å²) in [6, 6.07) is 18.2. The molecule has 1 heterocycles. The Hall–Kier alpha value is -3.01. The van der Waals surface area contributed by atoms with Crippen molar-refractivity contribution in [3.05, 3.63) is 71.5 Å². The standard InChI is InChI=1S/C25H28N2O2/c1-3-4-13-22-24(23(25(26)28)17(2)27(22)19-14-15-19)18-9-8-12-21(16-18)29-20-10-6-5-7-11-20/h5-12,16,19H,3-4,13-15H2,1-2H3,(H2,26,28). The van der Waals surface area contributed by atoms with E-state index in [1.54, 1.807) is 0 Å². The fourth-order valence-corrected chi connectivity index (χ4v) is 4.14. The largest absolute Gasteiger partial charge is 0.457 e. The van der Waals surface area contributed by atoms with Gasteiger partial charge in [0.2, 0.25) is 0 Å². The Bertz CT molecular complexity index is 1020. The van der Waals surface area contributed by atoms with Gasteiger partial charge in [-0.05, 0) is 62.4 Å². The van der Waals surface area contributed by atoms with Crippen LogP contribution in [0.25, 0.3) is 11.1 Å². The molecule has 1 aliphatic carbocycles. The Labute approximate surface area is 172 Å². The molecule has 0 saturated heterocycles. The number of carbonyl (C=O) groups excluding carboxylic acids is 1. The van der Waals surface area contributed by atoms with Crippen molar-refractivity contribution < 1.29 is 9.53 Å². The molecule has 1 fully saturated rings. The number of rotatable bonds is 8. The number of nitrogens with two attached hydrogens (primary N) is 1. The summed E-state index contributed by atoms with van der Waals surface area (Å²) in [5.41, 5.74) is 10.7. The molecule has 29 heavy (non-hydrogen) atoms. The highest BCUT2D eigenvalue weighted by Crippen LogP contribution is 2.44. The van der Waals surface area contributed by atoms with Crippen LogP contribution in [-0.2, 0) is 6.42 Å². The summed E-state index contributed by atoms with van der Waals surface area (Å²) in [6.07, 6.45) is 5.48. The minimum Gasteiger partial charge on any atom is -0.457 e. The van der Waals surface area contributed by atoms with Crippen LogP contribution in [0.2, 0.25) is 0 Å². The van der Waals surface area contributed by atoms with Gasteiger partial charge in [0.15, 0.2) is 0 Å². The number of carbonyl (C=O) groups is 1.